The lowest BCUT2D eigenvalue weighted by atomic mass is 10.1. The summed E-state index contributed by atoms with van der Waals surface area (Å²) in [5.41, 5.74) is 0. The van der Waals surface area contributed by atoms with Crippen molar-refractivity contribution in [3.8, 4) is 0 Å². The van der Waals surface area contributed by atoms with E-state index in [1.165, 1.54) is 32.4 Å². The minimum atomic E-state index is 0.596. The zero-order chi connectivity index (χ0) is 8.97. The number of likely N-dealkylation sites (N-methyl/N-ethyl adjacent to an activating group) is 1. The number of hydrogen-bond acceptors (Lipinski definition) is 2. The van der Waals surface area contributed by atoms with Crippen molar-refractivity contribution in [1.29, 1.82) is 0 Å². The van der Waals surface area contributed by atoms with Crippen LogP contribution in [0.5, 0.6) is 0 Å². The summed E-state index contributed by atoms with van der Waals surface area (Å²) >= 11 is 2.43. The van der Waals surface area contributed by atoms with E-state index in [9.17, 15) is 0 Å². The van der Waals surface area contributed by atoms with Gasteiger partial charge in [0.05, 0.1) is 4.05 Å². The van der Waals surface area contributed by atoms with E-state index in [-0.39, 0.29) is 0 Å². The fraction of sp³-hybridized carbons (Fsp3) is 1.00. The van der Waals surface area contributed by atoms with Crippen LogP contribution in [-0.4, -0.2) is 35.1 Å². The lowest BCUT2D eigenvalue weighted by molar-refractivity contribution is 0.311. The quantitative estimate of drug-likeness (QED) is 0.472. The molecule has 1 heterocycles. The van der Waals surface area contributed by atoms with Gasteiger partial charge in [-0.1, -0.05) is 29.0 Å². The molecule has 0 spiro atoms. The number of halogens is 1. The van der Waals surface area contributed by atoms with Gasteiger partial charge in [0.2, 0.25) is 0 Å². The lowest BCUT2D eigenvalue weighted by Gasteiger charge is -2.22. The average Bonchev–Trinajstić information content (AvgIpc) is 2.12. The molecule has 1 rings (SSSR count). The third-order valence-electron chi connectivity index (χ3n) is 2.34. The molecule has 0 aliphatic carbocycles. The first-order valence-electron chi connectivity index (χ1n) is 4.77. The maximum Gasteiger partial charge on any atom is 0.0567 e. The zero-order valence-electron chi connectivity index (χ0n) is 8.02. The number of nitrogens with one attached hydrogen (secondary N) is 1. The molecule has 0 saturated carbocycles. The van der Waals surface area contributed by atoms with Crippen molar-refractivity contribution in [1.82, 2.24) is 10.2 Å². The first kappa shape index (κ1) is 10.7. The summed E-state index contributed by atoms with van der Waals surface area (Å²) in [4.78, 5) is 2.43. The third kappa shape index (κ3) is 4.05. The molecule has 0 aromatic heterocycles. The van der Waals surface area contributed by atoms with Gasteiger partial charge >= 0.3 is 0 Å². The van der Waals surface area contributed by atoms with Crippen LogP contribution in [0.4, 0.5) is 0 Å². The van der Waals surface area contributed by atoms with Gasteiger partial charge in [0.1, 0.15) is 0 Å². The van der Waals surface area contributed by atoms with E-state index in [1.807, 2.05) is 0 Å². The van der Waals surface area contributed by atoms with Crippen molar-refractivity contribution in [2.24, 2.45) is 0 Å². The summed E-state index contributed by atoms with van der Waals surface area (Å²) in [7, 11) is 2.22. The summed E-state index contributed by atoms with van der Waals surface area (Å²) in [6.45, 7) is 4.70. The highest BCUT2D eigenvalue weighted by atomic mass is 127. The van der Waals surface area contributed by atoms with Gasteiger partial charge in [0.15, 0.2) is 0 Å². The average molecular weight is 282 g/mol. The Bertz CT molecular complexity index is 128. The van der Waals surface area contributed by atoms with Crippen LogP contribution in [0.1, 0.15) is 26.2 Å². The van der Waals surface area contributed by atoms with Crippen molar-refractivity contribution in [3.05, 3.63) is 0 Å². The topological polar surface area (TPSA) is 15.3 Å². The number of alkyl halides is 1. The fourth-order valence-electron chi connectivity index (χ4n) is 1.79. The Kier molecular flexibility index (Phi) is 4.82. The molecule has 2 atom stereocenters. The summed E-state index contributed by atoms with van der Waals surface area (Å²) in [5.74, 6) is 0. The van der Waals surface area contributed by atoms with Crippen LogP contribution in [-0.2, 0) is 0 Å². The molecule has 3 heteroatoms. The van der Waals surface area contributed by atoms with E-state index in [0.29, 0.717) is 10.1 Å². The molecule has 1 aliphatic rings. The molecule has 0 radical (unpaired) electrons. The van der Waals surface area contributed by atoms with Gasteiger partial charge in [-0.2, -0.15) is 0 Å². The first-order chi connectivity index (χ1) is 5.68. The zero-order valence-corrected chi connectivity index (χ0v) is 10.2. The largest absolute Gasteiger partial charge is 0.305 e. The highest BCUT2D eigenvalue weighted by Gasteiger charge is 2.15. The molecule has 1 saturated heterocycles. The second-order valence-electron chi connectivity index (χ2n) is 3.74. The Morgan fingerprint density at radius 3 is 2.92 bits per heavy atom. The van der Waals surface area contributed by atoms with Crippen molar-refractivity contribution < 1.29 is 0 Å². The van der Waals surface area contributed by atoms with Gasteiger partial charge in [-0.25, -0.2) is 0 Å². The van der Waals surface area contributed by atoms with Crippen LogP contribution in [0.3, 0.4) is 0 Å². The van der Waals surface area contributed by atoms with E-state index in [2.05, 4.69) is 46.8 Å². The van der Waals surface area contributed by atoms with Crippen molar-refractivity contribution in [2.75, 3.05) is 20.1 Å². The van der Waals surface area contributed by atoms with E-state index < -0.39 is 0 Å². The highest BCUT2D eigenvalue weighted by Crippen LogP contribution is 2.10. The van der Waals surface area contributed by atoms with Gasteiger partial charge in [-0.05, 0) is 33.4 Å². The van der Waals surface area contributed by atoms with Gasteiger partial charge in [-0.15, -0.1) is 0 Å². The van der Waals surface area contributed by atoms with Crippen LogP contribution >= 0.6 is 22.6 Å². The van der Waals surface area contributed by atoms with Crippen molar-refractivity contribution in [2.45, 2.75) is 36.3 Å². The molecule has 0 aromatic carbocycles. The molecule has 1 fully saturated rings. The minimum Gasteiger partial charge on any atom is -0.305 e. The monoisotopic (exact) mass is 282 g/mol. The molecular formula is C9H19IN2. The number of likely N-dealkylation sites (tertiary alicyclic amines) is 1. The Morgan fingerprint density at radius 2 is 2.25 bits per heavy atom. The van der Waals surface area contributed by atoms with E-state index >= 15 is 0 Å². The summed E-state index contributed by atoms with van der Waals surface area (Å²) in [6.07, 6.45) is 4.09. The third-order valence-corrected chi connectivity index (χ3v) is 2.70. The number of nitrogens with zero attached hydrogens (tertiary/aromatic N) is 1. The van der Waals surface area contributed by atoms with Gasteiger partial charge < -0.3 is 10.2 Å². The lowest BCUT2D eigenvalue weighted by Crippen LogP contribution is -2.40. The SMILES string of the molecule is C[C@H](I)NC1CCCCN(C)C1. The number of hydrogen-bond donors (Lipinski definition) is 1. The second-order valence-corrected chi connectivity index (χ2v) is 5.61. The molecular weight excluding hydrogens is 263 g/mol. The molecule has 72 valence electrons. The van der Waals surface area contributed by atoms with E-state index in [4.69, 9.17) is 0 Å². The van der Waals surface area contributed by atoms with E-state index in [1.54, 1.807) is 0 Å². The maximum absolute atomic E-state index is 3.60. The highest BCUT2D eigenvalue weighted by molar-refractivity contribution is 14.1. The van der Waals surface area contributed by atoms with Crippen LogP contribution in [0.2, 0.25) is 0 Å². The Labute approximate surface area is 89.2 Å². The van der Waals surface area contributed by atoms with Gasteiger partial charge in [0, 0.05) is 12.6 Å². The van der Waals surface area contributed by atoms with Crippen LogP contribution in [0.25, 0.3) is 0 Å². The number of rotatable bonds is 2. The Hall–Kier alpha value is 0.650. The molecule has 1 N–H and O–H groups in total. The molecule has 0 aromatic rings. The normalized spacial score (nSPS) is 29.8. The second kappa shape index (κ2) is 5.40. The Balaban J connectivity index is 2.31. The molecule has 0 amide bonds. The summed E-state index contributed by atoms with van der Waals surface area (Å²) in [6, 6.07) is 0.712. The predicted molar refractivity (Wildman–Crippen MR) is 61.8 cm³/mol. The molecule has 0 bridgehead atoms. The van der Waals surface area contributed by atoms with Gasteiger partial charge in [0.25, 0.3) is 0 Å². The predicted octanol–water partition coefficient (Wildman–Crippen LogP) is 1.84. The summed E-state index contributed by atoms with van der Waals surface area (Å²) in [5, 5.41) is 3.60. The molecule has 1 unspecified atom stereocenters. The molecule has 12 heavy (non-hydrogen) atoms. The maximum atomic E-state index is 3.60. The summed E-state index contributed by atoms with van der Waals surface area (Å²) < 4.78 is 0.596. The molecule has 1 aliphatic heterocycles. The van der Waals surface area contributed by atoms with Crippen LogP contribution < -0.4 is 5.32 Å². The van der Waals surface area contributed by atoms with Crippen molar-refractivity contribution in [3.63, 3.8) is 0 Å². The van der Waals surface area contributed by atoms with Crippen LogP contribution in [0.15, 0.2) is 0 Å². The van der Waals surface area contributed by atoms with Crippen molar-refractivity contribution >= 4 is 22.6 Å². The standard InChI is InChI=1S/C9H19IN2/c1-8(10)11-9-5-3-4-6-12(2)7-9/h8-9,11H,3-7H2,1-2H3/t8-,9?/m1/s1. The van der Waals surface area contributed by atoms with E-state index in [0.717, 1.165) is 0 Å². The smallest absolute Gasteiger partial charge is 0.0567 e. The first-order valence-corrected chi connectivity index (χ1v) is 6.01. The van der Waals surface area contributed by atoms with Crippen LogP contribution in [0, 0.1) is 0 Å². The van der Waals surface area contributed by atoms with Gasteiger partial charge in [-0.3, -0.25) is 0 Å². The Morgan fingerprint density at radius 1 is 1.50 bits per heavy atom. The molecule has 2 nitrogen and oxygen atoms in total. The fourth-order valence-corrected chi connectivity index (χ4v) is 2.30. The minimum absolute atomic E-state index is 0.596.